The van der Waals surface area contributed by atoms with Crippen molar-refractivity contribution in [3.05, 3.63) is 29.3 Å². The number of nitrogens with two attached hydrogens (primary N) is 1. The summed E-state index contributed by atoms with van der Waals surface area (Å²) in [5.41, 5.74) is 8.83. The fraction of sp³-hybridized carbons (Fsp3) is 0.462. The van der Waals surface area contributed by atoms with Gasteiger partial charge in [0.25, 0.3) is 0 Å². The van der Waals surface area contributed by atoms with Crippen LogP contribution in [0.4, 0.5) is 5.69 Å². The van der Waals surface area contributed by atoms with Gasteiger partial charge in [0.2, 0.25) is 0 Å². The molecule has 0 aliphatic heterocycles. The Bertz CT molecular complexity index is 420. The molecule has 0 amide bonds. The van der Waals surface area contributed by atoms with Crippen LogP contribution in [0.25, 0.3) is 0 Å². The molecule has 0 bridgehead atoms. The van der Waals surface area contributed by atoms with Gasteiger partial charge in [0.15, 0.2) is 0 Å². The highest BCUT2D eigenvalue weighted by Crippen LogP contribution is 2.24. The maximum atomic E-state index is 8.86. The molecule has 3 N–H and O–H groups in total. The fourth-order valence-corrected chi connectivity index (χ4v) is 2.21. The van der Waals surface area contributed by atoms with Crippen LogP contribution in [0.1, 0.15) is 30.4 Å². The Morgan fingerprint density at radius 2 is 2.25 bits per heavy atom. The molecule has 2 unspecified atom stereocenters. The van der Waals surface area contributed by atoms with Crippen LogP contribution >= 0.6 is 0 Å². The van der Waals surface area contributed by atoms with Crippen molar-refractivity contribution in [2.75, 3.05) is 5.32 Å². The highest BCUT2D eigenvalue weighted by atomic mass is 14.9. The number of benzene rings is 1. The number of hydrogen-bond donors (Lipinski definition) is 2. The Hall–Kier alpha value is -1.53. The third-order valence-electron chi connectivity index (χ3n) is 3.20. The summed E-state index contributed by atoms with van der Waals surface area (Å²) in [7, 11) is 0. The van der Waals surface area contributed by atoms with Crippen molar-refractivity contribution in [1.82, 2.24) is 0 Å². The maximum Gasteiger partial charge on any atom is 0.0992 e. The highest BCUT2D eigenvalue weighted by molar-refractivity contribution is 5.55. The minimum Gasteiger partial charge on any atom is -0.382 e. The van der Waals surface area contributed by atoms with Gasteiger partial charge in [0.1, 0.15) is 0 Å². The molecule has 0 spiro atoms. The van der Waals surface area contributed by atoms with Crippen molar-refractivity contribution in [3.8, 4) is 6.07 Å². The van der Waals surface area contributed by atoms with Crippen LogP contribution in [0.15, 0.2) is 18.2 Å². The van der Waals surface area contributed by atoms with Gasteiger partial charge >= 0.3 is 0 Å². The summed E-state index contributed by atoms with van der Waals surface area (Å²) in [6.45, 7) is 2.05. The average molecular weight is 215 g/mol. The molecule has 84 valence electrons. The Morgan fingerprint density at radius 1 is 1.44 bits per heavy atom. The Labute approximate surface area is 96.3 Å². The van der Waals surface area contributed by atoms with E-state index in [0.29, 0.717) is 17.6 Å². The summed E-state index contributed by atoms with van der Waals surface area (Å²) in [6.07, 6.45) is 3.24. The summed E-state index contributed by atoms with van der Waals surface area (Å²) >= 11 is 0. The molecule has 1 aliphatic carbocycles. The molecule has 16 heavy (non-hydrogen) atoms. The minimum atomic E-state index is 0.331. The summed E-state index contributed by atoms with van der Waals surface area (Å²) in [6, 6.07) is 8.70. The van der Waals surface area contributed by atoms with E-state index in [4.69, 9.17) is 11.0 Å². The predicted octanol–water partition coefficient (Wildman–Crippen LogP) is 2.16. The average Bonchev–Trinajstić information content (AvgIpc) is 2.67. The summed E-state index contributed by atoms with van der Waals surface area (Å²) in [5, 5.41) is 12.3. The van der Waals surface area contributed by atoms with E-state index >= 15 is 0 Å². The van der Waals surface area contributed by atoms with Crippen LogP contribution < -0.4 is 11.1 Å². The number of aryl methyl sites for hydroxylation is 1. The van der Waals surface area contributed by atoms with Crippen LogP contribution in [0.5, 0.6) is 0 Å². The van der Waals surface area contributed by atoms with Crippen molar-refractivity contribution >= 4 is 5.69 Å². The Kier molecular flexibility index (Phi) is 3.12. The van der Waals surface area contributed by atoms with Gasteiger partial charge < -0.3 is 11.1 Å². The van der Waals surface area contributed by atoms with Crippen molar-refractivity contribution in [2.45, 2.75) is 38.3 Å². The SMILES string of the molecule is Cc1ccc(C#N)cc1NC1CCC(N)C1. The first-order valence-electron chi connectivity index (χ1n) is 5.72. The maximum absolute atomic E-state index is 8.86. The number of rotatable bonds is 2. The first kappa shape index (κ1) is 11.0. The molecular formula is C13H17N3. The van der Waals surface area contributed by atoms with E-state index in [9.17, 15) is 0 Å². The summed E-state index contributed by atoms with van der Waals surface area (Å²) in [4.78, 5) is 0. The van der Waals surface area contributed by atoms with Crippen LogP contribution in [0, 0.1) is 18.3 Å². The van der Waals surface area contributed by atoms with Crippen molar-refractivity contribution in [1.29, 1.82) is 5.26 Å². The molecule has 1 aliphatic rings. The number of nitriles is 1. The third-order valence-corrected chi connectivity index (χ3v) is 3.20. The normalized spacial score (nSPS) is 24.1. The Morgan fingerprint density at radius 3 is 2.88 bits per heavy atom. The van der Waals surface area contributed by atoms with Crippen molar-refractivity contribution in [3.63, 3.8) is 0 Å². The van der Waals surface area contributed by atoms with Gasteiger partial charge in [0.05, 0.1) is 11.6 Å². The topological polar surface area (TPSA) is 61.8 Å². The number of hydrogen-bond acceptors (Lipinski definition) is 3. The first-order valence-corrected chi connectivity index (χ1v) is 5.72. The molecule has 0 saturated heterocycles. The monoisotopic (exact) mass is 215 g/mol. The molecule has 0 aromatic heterocycles. The molecule has 0 radical (unpaired) electrons. The molecule has 0 heterocycles. The smallest absolute Gasteiger partial charge is 0.0992 e. The van der Waals surface area contributed by atoms with E-state index < -0.39 is 0 Å². The van der Waals surface area contributed by atoms with Crippen molar-refractivity contribution < 1.29 is 0 Å². The van der Waals surface area contributed by atoms with E-state index in [-0.39, 0.29) is 0 Å². The molecule has 1 fully saturated rings. The lowest BCUT2D eigenvalue weighted by atomic mass is 10.1. The second-order valence-corrected chi connectivity index (χ2v) is 4.56. The van der Waals surface area contributed by atoms with Crippen LogP contribution in [-0.2, 0) is 0 Å². The Balaban J connectivity index is 2.12. The summed E-state index contributed by atoms with van der Waals surface area (Å²) in [5.74, 6) is 0. The van der Waals surface area contributed by atoms with Gasteiger partial charge in [-0.25, -0.2) is 0 Å². The minimum absolute atomic E-state index is 0.331. The zero-order chi connectivity index (χ0) is 11.5. The quantitative estimate of drug-likeness (QED) is 0.794. The van der Waals surface area contributed by atoms with Gasteiger partial charge in [-0.15, -0.1) is 0 Å². The van der Waals surface area contributed by atoms with E-state index in [0.717, 1.165) is 24.9 Å². The number of anilines is 1. The van der Waals surface area contributed by atoms with Gasteiger partial charge in [-0.1, -0.05) is 6.07 Å². The molecule has 2 rings (SSSR count). The van der Waals surface area contributed by atoms with E-state index in [2.05, 4.69) is 18.3 Å². The number of nitrogens with one attached hydrogen (secondary N) is 1. The highest BCUT2D eigenvalue weighted by Gasteiger charge is 2.21. The van der Waals surface area contributed by atoms with E-state index in [1.807, 2.05) is 18.2 Å². The lowest BCUT2D eigenvalue weighted by Gasteiger charge is -2.16. The van der Waals surface area contributed by atoms with Crippen LogP contribution in [0.3, 0.4) is 0 Å². The third kappa shape index (κ3) is 2.34. The zero-order valence-electron chi connectivity index (χ0n) is 9.53. The molecule has 3 nitrogen and oxygen atoms in total. The fourth-order valence-electron chi connectivity index (χ4n) is 2.21. The van der Waals surface area contributed by atoms with Crippen LogP contribution in [-0.4, -0.2) is 12.1 Å². The standard InChI is InChI=1S/C13H17N3/c1-9-2-3-10(8-14)6-13(9)16-12-5-4-11(15)7-12/h2-3,6,11-12,16H,4-5,7,15H2,1H3. The lowest BCUT2D eigenvalue weighted by Crippen LogP contribution is -2.21. The molecule has 2 atom stereocenters. The van der Waals surface area contributed by atoms with E-state index in [1.165, 1.54) is 5.56 Å². The van der Waals surface area contributed by atoms with Gasteiger partial charge in [-0.2, -0.15) is 5.26 Å². The lowest BCUT2D eigenvalue weighted by molar-refractivity contribution is 0.687. The van der Waals surface area contributed by atoms with E-state index in [1.54, 1.807) is 0 Å². The van der Waals surface area contributed by atoms with Gasteiger partial charge in [-0.3, -0.25) is 0 Å². The second-order valence-electron chi connectivity index (χ2n) is 4.56. The largest absolute Gasteiger partial charge is 0.382 e. The molecule has 1 saturated carbocycles. The predicted molar refractivity (Wildman–Crippen MR) is 65.1 cm³/mol. The summed E-state index contributed by atoms with van der Waals surface area (Å²) < 4.78 is 0. The zero-order valence-corrected chi connectivity index (χ0v) is 9.53. The molecule has 1 aromatic rings. The molecule has 1 aromatic carbocycles. The second kappa shape index (κ2) is 4.54. The first-order chi connectivity index (χ1) is 7.69. The van der Waals surface area contributed by atoms with Gasteiger partial charge in [-0.05, 0) is 43.9 Å². The molecule has 3 heteroatoms. The van der Waals surface area contributed by atoms with Crippen LogP contribution in [0.2, 0.25) is 0 Å². The van der Waals surface area contributed by atoms with Crippen molar-refractivity contribution in [2.24, 2.45) is 5.73 Å². The molecular weight excluding hydrogens is 198 g/mol. The number of nitrogens with zero attached hydrogens (tertiary/aromatic N) is 1. The van der Waals surface area contributed by atoms with Gasteiger partial charge in [0, 0.05) is 17.8 Å².